The Morgan fingerprint density at radius 3 is 2.50 bits per heavy atom. The summed E-state index contributed by atoms with van der Waals surface area (Å²) in [7, 11) is 0. The molecule has 2 N–H and O–H groups in total. The van der Waals surface area contributed by atoms with E-state index < -0.39 is 5.97 Å². The Labute approximate surface area is 128 Å². The first-order valence-corrected chi connectivity index (χ1v) is 7.17. The van der Waals surface area contributed by atoms with Gasteiger partial charge in [-0.15, -0.1) is 0 Å². The van der Waals surface area contributed by atoms with Crippen molar-refractivity contribution in [3.63, 3.8) is 0 Å². The van der Waals surface area contributed by atoms with Gasteiger partial charge in [-0.3, -0.25) is 9.59 Å². The summed E-state index contributed by atoms with van der Waals surface area (Å²) in [6.45, 7) is 0.555. The van der Waals surface area contributed by atoms with Crippen molar-refractivity contribution in [1.82, 2.24) is 5.32 Å². The van der Waals surface area contributed by atoms with E-state index in [9.17, 15) is 9.59 Å². The SMILES string of the molecule is O=C(O)CCCCCNC(=O)Cc1ccc(Cl)c(Cl)c1. The molecule has 0 radical (unpaired) electrons. The van der Waals surface area contributed by atoms with Gasteiger partial charge in [0.2, 0.25) is 5.91 Å². The number of carbonyl (C=O) groups excluding carboxylic acids is 1. The maximum absolute atomic E-state index is 11.7. The van der Waals surface area contributed by atoms with E-state index >= 15 is 0 Å². The van der Waals surface area contributed by atoms with E-state index in [1.807, 2.05) is 0 Å². The van der Waals surface area contributed by atoms with Gasteiger partial charge in [-0.1, -0.05) is 35.7 Å². The van der Waals surface area contributed by atoms with E-state index in [4.69, 9.17) is 28.3 Å². The Kier molecular flexibility index (Phi) is 7.41. The molecule has 1 aromatic rings. The molecule has 0 saturated heterocycles. The smallest absolute Gasteiger partial charge is 0.303 e. The van der Waals surface area contributed by atoms with Gasteiger partial charge in [0.05, 0.1) is 16.5 Å². The lowest BCUT2D eigenvalue weighted by Crippen LogP contribution is -2.26. The summed E-state index contributed by atoms with van der Waals surface area (Å²) < 4.78 is 0. The molecule has 0 unspecified atom stereocenters. The second-order valence-electron chi connectivity index (χ2n) is 4.48. The van der Waals surface area contributed by atoms with E-state index in [0.717, 1.165) is 18.4 Å². The number of amides is 1. The summed E-state index contributed by atoms with van der Waals surface area (Å²) in [4.78, 5) is 22.0. The second kappa shape index (κ2) is 8.82. The fourth-order valence-corrected chi connectivity index (χ4v) is 2.02. The highest BCUT2D eigenvalue weighted by Gasteiger charge is 2.05. The quantitative estimate of drug-likeness (QED) is 0.723. The number of carboxylic acid groups (broad SMARTS) is 1. The number of unbranched alkanes of at least 4 members (excludes halogenated alkanes) is 2. The van der Waals surface area contributed by atoms with Gasteiger partial charge in [-0.25, -0.2) is 0 Å². The monoisotopic (exact) mass is 317 g/mol. The van der Waals surface area contributed by atoms with Crippen molar-refractivity contribution >= 4 is 35.1 Å². The highest BCUT2D eigenvalue weighted by Crippen LogP contribution is 2.22. The average molecular weight is 318 g/mol. The zero-order valence-corrected chi connectivity index (χ0v) is 12.5. The van der Waals surface area contributed by atoms with E-state index in [2.05, 4.69) is 5.32 Å². The third kappa shape index (κ3) is 6.78. The number of hydrogen-bond donors (Lipinski definition) is 2. The fourth-order valence-electron chi connectivity index (χ4n) is 1.70. The van der Waals surface area contributed by atoms with Crippen molar-refractivity contribution in [3.8, 4) is 0 Å². The van der Waals surface area contributed by atoms with Gasteiger partial charge in [-0.2, -0.15) is 0 Å². The molecular weight excluding hydrogens is 301 g/mol. The van der Waals surface area contributed by atoms with Crippen LogP contribution in [0.25, 0.3) is 0 Å². The van der Waals surface area contributed by atoms with Crippen LogP contribution in [-0.4, -0.2) is 23.5 Å². The van der Waals surface area contributed by atoms with E-state index in [0.29, 0.717) is 23.0 Å². The van der Waals surface area contributed by atoms with Gasteiger partial charge in [0, 0.05) is 13.0 Å². The molecule has 6 heteroatoms. The minimum absolute atomic E-state index is 0.0818. The highest BCUT2D eigenvalue weighted by molar-refractivity contribution is 6.42. The van der Waals surface area contributed by atoms with Crippen LogP contribution in [0.3, 0.4) is 0 Å². The van der Waals surface area contributed by atoms with E-state index in [-0.39, 0.29) is 18.7 Å². The Bertz CT molecular complexity index is 477. The Morgan fingerprint density at radius 2 is 1.85 bits per heavy atom. The van der Waals surface area contributed by atoms with Crippen LogP contribution in [0, 0.1) is 0 Å². The van der Waals surface area contributed by atoms with Crippen LogP contribution in [0.15, 0.2) is 18.2 Å². The van der Waals surface area contributed by atoms with Crippen molar-refractivity contribution < 1.29 is 14.7 Å². The third-order valence-electron chi connectivity index (χ3n) is 2.74. The van der Waals surface area contributed by atoms with Gasteiger partial charge >= 0.3 is 5.97 Å². The van der Waals surface area contributed by atoms with Crippen LogP contribution in [0.2, 0.25) is 10.0 Å². The van der Waals surface area contributed by atoms with Crippen molar-refractivity contribution in [2.75, 3.05) is 6.54 Å². The highest BCUT2D eigenvalue weighted by atomic mass is 35.5. The Balaban J connectivity index is 2.20. The number of carbonyl (C=O) groups is 2. The molecule has 0 aliphatic carbocycles. The zero-order chi connectivity index (χ0) is 15.0. The number of hydrogen-bond acceptors (Lipinski definition) is 2. The molecule has 0 heterocycles. The summed E-state index contributed by atoms with van der Waals surface area (Å²) in [6, 6.07) is 5.11. The molecule has 0 fully saturated rings. The summed E-state index contributed by atoms with van der Waals surface area (Å²) >= 11 is 11.7. The van der Waals surface area contributed by atoms with E-state index in [1.165, 1.54) is 0 Å². The molecule has 0 aromatic heterocycles. The van der Waals surface area contributed by atoms with E-state index in [1.54, 1.807) is 18.2 Å². The predicted octanol–water partition coefficient (Wildman–Crippen LogP) is 3.30. The van der Waals surface area contributed by atoms with Crippen LogP contribution in [0.1, 0.15) is 31.2 Å². The van der Waals surface area contributed by atoms with Gasteiger partial charge in [0.1, 0.15) is 0 Å². The maximum atomic E-state index is 11.7. The molecule has 0 atom stereocenters. The number of aliphatic carboxylic acids is 1. The number of halogens is 2. The molecule has 20 heavy (non-hydrogen) atoms. The first kappa shape index (κ1) is 16.8. The minimum Gasteiger partial charge on any atom is -0.481 e. The second-order valence-corrected chi connectivity index (χ2v) is 5.29. The number of rotatable bonds is 8. The third-order valence-corrected chi connectivity index (χ3v) is 3.48. The first-order valence-electron chi connectivity index (χ1n) is 6.41. The van der Waals surface area contributed by atoms with Crippen molar-refractivity contribution in [1.29, 1.82) is 0 Å². The van der Waals surface area contributed by atoms with Crippen molar-refractivity contribution in [3.05, 3.63) is 33.8 Å². The van der Waals surface area contributed by atoms with Crippen LogP contribution in [-0.2, 0) is 16.0 Å². The largest absolute Gasteiger partial charge is 0.481 e. The molecule has 0 aliphatic rings. The number of benzene rings is 1. The molecular formula is C14H17Cl2NO3. The van der Waals surface area contributed by atoms with Gasteiger partial charge in [0.15, 0.2) is 0 Å². The van der Waals surface area contributed by atoms with Crippen LogP contribution >= 0.6 is 23.2 Å². The Morgan fingerprint density at radius 1 is 1.10 bits per heavy atom. The number of carboxylic acids is 1. The van der Waals surface area contributed by atoms with Gasteiger partial charge < -0.3 is 10.4 Å². The summed E-state index contributed by atoms with van der Waals surface area (Å²) in [5.41, 5.74) is 0.808. The van der Waals surface area contributed by atoms with Crippen LogP contribution < -0.4 is 5.32 Å². The molecule has 0 spiro atoms. The summed E-state index contributed by atoms with van der Waals surface area (Å²) in [5, 5.41) is 12.2. The minimum atomic E-state index is -0.784. The molecule has 0 saturated carbocycles. The molecule has 1 aromatic carbocycles. The molecule has 110 valence electrons. The summed E-state index contributed by atoms with van der Waals surface area (Å²) in [6.07, 6.45) is 2.64. The Hall–Kier alpha value is -1.26. The average Bonchev–Trinajstić information content (AvgIpc) is 2.38. The normalized spacial score (nSPS) is 10.3. The molecule has 0 aliphatic heterocycles. The molecule has 0 bridgehead atoms. The van der Waals surface area contributed by atoms with Crippen molar-refractivity contribution in [2.45, 2.75) is 32.1 Å². The number of nitrogens with one attached hydrogen (secondary N) is 1. The first-order chi connectivity index (χ1) is 9.49. The van der Waals surface area contributed by atoms with Crippen LogP contribution in [0.5, 0.6) is 0 Å². The predicted molar refractivity (Wildman–Crippen MR) is 79.3 cm³/mol. The lowest BCUT2D eigenvalue weighted by molar-refractivity contribution is -0.137. The molecule has 4 nitrogen and oxygen atoms in total. The van der Waals surface area contributed by atoms with Crippen LogP contribution in [0.4, 0.5) is 0 Å². The lowest BCUT2D eigenvalue weighted by Gasteiger charge is -2.06. The topological polar surface area (TPSA) is 66.4 Å². The maximum Gasteiger partial charge on any atom is 0.303 e. The summed E-state index contributed by atoms with van der Waals surface area (Å²) in [5.74, 6) is -0.865. The van der Waals surface area contributed by atoms with Gasteiger partial charge in [-0.05, 0) is 30.5 Å². The zero-order valence-electron chi connectivity index (χ0n) is 11.0. The van der Waals surface area contributed by atoms with Crippen molar-refractivity contribution in [2.24, 2.45) is 0 Å². The fraction of sp³-hybridized carbons (Fsp3) is 0.429. The lowest BCUT2D eigenvalue weighted by atomic mass is 10.1. The molecule has 1 amide bonds. The molecule has 1 rings (SSSR count). The van der Waals surface area contributed by atoms with Gasteiger partial charge in [0.25, 0.3) is 0 Å². The standard InChI is InChI=1S/C14H17Cl2NO3/c15-11-6-5-10(8-12(11)16)9-13(18)17-7-3-1-2-4-14(19)20/h5-6,8H,1-4,7,9H2,(H,17,18)(H,19,20).